The third-order valence-corrected chi connectivity index (χ3v) is 3.99. The van der Waals surface area contributed by atoms with Crippen molar-refractivity contribution in [3.63, 3.8) is 0 Å². The average Bonchev–Trinajstić information content (AvgIpc) is 2.71. The van der Waals surface area contributed by atoms with Crippen LogP contribution in [0.15, 0.2) is 36.4 Å². The lowest BCUT2D eigenvalue weighted by molar-refractivity contribution is -0.131. The van der Waals surface area contributed by atoms with Crippen LogP contribution in [0.5, 0.6) is 11.5 Å². The topological polar surface area (TPSA) is 80.6 Å². The predicted octanol–water partition coefficient (Wildman–Crippen LogP) is 3.50. The number of carbonyl (C=O) groups is 1. The number of ether oxygens (including phenoxy) is 3. The van der Waals surface area contributed by atoms with Crippen molar-refractivity contribution in [2.45, 2.75) is 26.5 Å². The summed E-state index contributed by atoms with van der Waals surface area (Å²) in [7, 11) is 1.34. The zero-order valence-corrected chi connectivity index (χ0v) is 16.1. The zero-order chi connectivity index (χ0) is 20.5. The molecule has 0 saturated heterocycles. The van der Waals surface area contributed by atoms with Crippen molar-refractivity contribution in [1.82, 2.24) is 5.32 Å². The first-order valence-electron chi connectivity index (χ1n) is 8.93. The fourth-order valence-corrected chi connectivity index (χ4v) is 2.66. The molecule has 7 heteroatoms. The van der Waals surface area contributed by atoms with Gasteiger partial charge in [-0.25, -0.2) is 4.39 Å². The number of carbonyl (C=O) groups excluding carboxylic acids is 1. The van der Waals surface area contributed by atoms with Gasteiger partial charge in [-0.1, -0.05) is 12.1 Å². The molecule has 0 aliphatic carbocycles. The SMILES string of the molecule is CCOc1ccc(C(OC)C(=O)NCc2ccc(C#N)cc2)c(F)c1OCC. The first-order valence-corrected chi connectivity index (χ1v) is 8.93. The number of rotatable bonds is 9. The molecule has 1 N–H and O–H groups in total. The van der Waals surface area contributed by atoms with E-state index in [0.717, 1.165) is 5.56 Å². The summed E-state index contributed by atoms with van der Waals surface area (Å²) in [5, 5.41) is 11.5. The molecule has 0 aromatic heterocycles. The van der Waals surface area contributed by atoms with E-state index >= 15 is 0 Å². The summed E-state index contributed by atoms with van der Waals surface area (Å²) in [6, 6.07) is 11.9. The molecule has 0 saturated carbocycles. The normalized spacial score (nSPS) is 11.4. The first-order chi connectivity index (χ1) is 13.5. The number of amides is 1. The van der Waals surface area contributed by atoms with Crippen LogP contribution in [-0.4, -0.2) is 26.2 Å². The maximum Gasteiger partial charge on any atom is 0.254 e. The standard InChI is InChI=1S/C21H23FN2O4/c1-4-27-17-11-10-16(18(22)20(17)28-5-2)19(26-3)21(25)24-13-15-8-6-14(12-23)7-9-15/h6-11,19H,4-5,13H2,1-3H3,(H,24,25). The maximum absolute atomic E-state index is 15.0. The van der Waals surface area contributed by atoms with Crippen molar-refractivity contribution in [3.8, 4) is 17.6 Å². The lowest BCUT2D eigenvalue weighted by atomic mass is 10.1. The first kappa shape index (κ1) is 21.2. The number of benzene rings is 2. The minimum Gasteiger partial charge on any atom is -0.490 e. The van der Waals surface area contributed by atoms with E-state index in [-0.39, 0.29) is 30.2 Å². The van der Waals surface area contributed by atoms with E-state index in [9.17, 15) is 9.18 Å². The Hall–Kier alpha value is -3.11. The lowest BCUT2D eigenvalue weighted by Crippen LogP contribution is -2.30. The number of methoxy groups -OCH3 is 1. The predicted molar refractivity (Wildman–Crippen MR) is 101 cm³/mol. The van der Waals surface area contributed by atoms with Crippen LogP contribution in [0.1, 0.15) is 36.6 Å². The largest absolute Gasteiger partial charge is 0.490 e. The molecule has 1 atom stereocenters. The molecule has 1 amide bonds. The van der Waals surface area contributed by atoms with Crippen molar-refractivity contribution in [3.05, 3.63) is 58.9 Å². The van der Waals surface area contributed by atoms with Gasteiger partial charge in [0.05, 0.1) is 24.8 Å². The van der Waals surface area contributed by atoms with Crippen LogP contribution in [0.4, 0.5) is 4.39 Å². The highest BCUT2D eigenvalue weighted by Crippen LogP contribution is 2.36. The highest BCUT2D eigenvalue weighted by Gasteiger charge is 2.27. The van der Waals surface area contributed by atoms with Gasteiger partial charge in [-0.05, 0) is 43.7 Å². The highest BCUT2D eigenvalue weighted by molar-refractivity contribution is 5.82. The van der Waals surface area contributed by atoms with Gasteiger partial charge in [0.1, 0.15) is 0 Å². The molecule has 2 rings (SSSR count). The van der Waals surface area contributed by atoms with Gasteiger partial charge in [0.25, 0.3) is 5.91 Å². The van der Waals surface area contributed by atoms with Crippen LogP contribution >= 0.6 is 0 Å². The number of nitrogens with one attached hydrogen (secondary N) is 1. The Morgan fingerprint density at radius 3 is 2.39 bits per heavy atom. The minimum atomic E-state index is -1.15. The van der Waals surface area contributed by atoms with E-state index in [0.29, 0.717) is 12.2 Å². The summed E-state index contributed by atoms with van der Waals surface area (Å²) in [6.07, 6.45) is -1.15. The van der Waals surface area contributed by atoms with Gasteiger partial charge >= 0.3 is 0 Å². The highest BCUT2D eigenvalue weighted by atomic mass is 19.1. The third-order valence-electron chi connectivity index (χ3n) is 3.99. The lowest BCUT2D eigenvalue weighted by Gasteiger charge is -2.19. The van der Waals surface area contributed by atoms with Gasteiger partial charge < -0.3 is 19.5 Å². The van der Waals surface area contributed by atoms with E-state index < -0.39 is 17.8 Å². The number of halogens is 1. The van der Waals surface area contributed by atoms with E-state index in [2.05, 4.69) is 5.32 Å². The Balaban J connectivity index is 2.19. The van der Waals surface area contributed by atoms with E-state index in [1.165, 1.54) is 13.2 Å². The zero-order valence-electron chi connectivity index (χ0n) is 16.1. The fraction of sp³-hybridized carbons (Fsp3) is 0.333. The molecule has 6 nitrogen and oxygen atoms in total. The van der Waals surface area contributed by atoms with E-state index in [1.807, 2.05) is 6.07 Å². The van der Waals surface area contributed by atoms with Gasteiger partial charge in [0, 0.05) is 19.2 Å². The smallest absolute Gasteiger partial charge is 0.254 e. The summed E-state index contributed by atoms with van der Waals surface area (Å²) in [5.74, 6) is -0.937. The third kappa shape index (κ3) is 4.99. The summed E-state index contributed by atoms with van der Waals surface area (Å²) in [4.78, 5) is 12.6. The second kappa shape index (κ2) is 10.3. The average molecular weight is 386 g/mol. The number of hydrogen-bond acceptors (Lipinski definition) is 5. The Kier molecular flexibility index (Phi) is 7.78. The summed E-state index contributed by atoms with van der Waals surface area (Å²) >= 11 is 0. The Bertz CT molecular complexity index is 847. The molecule has 0 radical (unpaired) electrons. The van der Waals surface area contributed by atoms with Crippen molar-refractivity contribution in [1.29, 1.82) is 5.26 Å². The fourth-order valence-electron chi connectivity index (χ4n) is 2.66. The monoisotopic (exact) mass is 386 g/mol. The van der Waals surface area contributed by atoms with E-state index in [1.54, 1.807) is 44.2 Å². The van der Waals surface area contributed by atoms with Crippen molar-refractivity contribution >= 4 is 5.91 Å². The van der Waals surface area contributed by atoms with Crippen LogP contribution in [0.3, 0.4) is 0 Å². The molecule has 148 valence electrons. The van der Waals surface area contributed by atoms with Crippen LogP contribution < -0.4 is 14.8 Å². The summed E-state index contributed by atoms with van der Waals surface area (Å²) < 4.78 is 31.0. The van der Waals surface area contributed by atoms with Gasteiger partial charge in [-0.3, -0.25) is 4.79 Å². The number of nitrogens with zero attached hydrogens (tertiary/aromatic N) is 1. The van der Waals surface area contributed by atoms with Gasteiger partial charge in [0.2, 0.25) is 0 Å². The minimum absolute atomic E-state index is 0.0382. The van der Waals surface area contributed by atoms with E-state index in [4.69, 9.17) is 19.5 Å². The van der Waals surface area contributed by atoms with Crippen molar-refractivity contribution in [2.75, 3.05) is 20.3 Å². The molecule has 2 aromatic rings. The number of hydrogen-bond donors (Lipinski definition) is 1. The van der Waals surface area contributed by atoms with Crippen LogP contribution in [0.2, 0.25) is 0 Å². The van der Waals surface area contributed by atoms with Crippen molar-refractivity contribution < 1.29 is 23.4 Å². The van der Waals surface area contributed by atoms with Gasteiger partial charge in [0.15, 0.2) is 23.4 Å². The molecule has 0 heterocycles. The molecule has 0 bridgehead atoms. The number of nitriles is 1. The van der Waals surface area contributed by atoms with Crippen LogP contribution in [0.25, 0.3) is 0 Å². The van der Waals surface area contributed by atoms with Crippen LogP contribution in [0, 0.1) is 17.1 Å². The van der Waals surface area contributed by atoms with Crippen LogP contribution in [-0.2, 0) is 16.1 Å². The molecular formula is C21H23FN2O4. The molecular weight excluding hydrogens is 363 g/mol. The second-order valence-electron chi connectivity index (χ2n) is 5.80. The maximum atomic E-state index is 15.0. The molecule has 0 fully saturated rings. The summed E-state index contributed by atoms with van der Waals surface area (Å²) in [6.45, 7) is 4.36. The molecule has 1 unspecified atom stereocenters. The Morgan fingerprint density at radius 1 is 1.14 bits per heavy atom. The molecule has 0 spiro atoms. The quantitative estimate of drug-likeness (QED) is 0.713. The van der Waals surface area contributed by atoms with Gasteiger partial charge in [-0.15, -0.1) is 0 Å². The van der Waals surface area contributed by atoms with Crippen molar-refractivity contribution in [2.24, 2.45) is 0 Å². The molecule has 0 aliphatic rings. The Labute approximate surface area is 163 Å². The molecule has 28 heavy (non-hydrogen) atoms. The van der Waals surface area contributed by atoms with Gasteiger partial charge in [-0.2, -0.15) is 5.26 Å². The second-order valence-corrected chi connectivity index (χ2v) is 5.80. The molecule has 2 aromatic carbocycles. The summed E-state index contributed by atoms with van der Waals surface area (Å²) in [5.41, 5.74) is 1.40. The molecule has 0 aliphatic heterocycles. The Morgan fingerprint density at radius 2 is 1.82 bits per heavy atom.